The van der Waals surface area contributed by atoms with Gasteiger partial charge in [0.05, 0.1) is 12.3 Å². The van der Waals surface area contributed by atoms with Crippen LogP contribution in [-0.4, -0.2) is 55.8 Å². The minimum Gasteiger partial charge on any atom is -0.360 e. The number of nitrogens with zero attached hydrogens (tertiary/aromatic N) is 2. The van der Waals surface area contributed by atoms with E-state index in [0.29, 0.717) is 37.5 Å². The van der Waals surface area contributed by atoms with Crippen LogP contribution in [0.1, 0.15) is 25.5 Å². The van der Waals surface area contributed by atoms with Crippen molar-refractivity contribution in [3.63, 3.8) is 0 Å². The Bertz CT molecular complexity index is 620. The van der Waals surface area contributed by atoms with Gasteiger partial charge in [0.2, 0.25) is 15.9 Å². The number of rotatable bonds is 5. The molecule has 124 valence electrons. The summed E-state index contributed by atoms with van der Waals surface area (Å²) >= 11 is 0. The SMILES string of the molecule is Cc1cc(NC(=O)C(C)N2CCC(NS(C)(=O)=O)CC2)no1. The molecule has 0 saturated carbocycles. The van der Waals surface area contributed by atoms with Gasteiger partial charge in [-0.15, -0.1) is 0 Å². The molecule has 1 aromatic heterocycles. The minimum absolute atomic E-state index is 0.0558. The third-order valence-corrected chi connectivity index (χ3v) is 4.48. The fraction of sp³-hybridized carbons (Fsp3) is 0.692. The largest absolute Gasteiger partial charge is 0.360 e. The molecule has 0 aliphatic carbocycles. The first kappa shape index (κ1) is 16.9. The second-order valence-electron chi connectivity index (χ2n) is 5.69. The van der Waals surface area contributed by atoms with Crippen LogP contribution < -0.4 is 10.0 Å². The van der Waals surface area contributed by atoms with E-state index in [-0.39, 0.29) is 18.0 Å². The van der Waals surface area contributed by atoms with Gasteiger partial charge in [-0.1, -0.05) is 5.16 Å². The van der Waals surface area contributed by atoms with Gasteiger partial charge in [0.25, 0.3) is 0 Å². The van der Waals surface area contributed by atoms with Gasteiger partial charge >= 0.3 is 0 Å². The zero-order chi connectivity index (χ0) is 16.3. The molecule has 0 spiro atoms. The Morgan fingerprint density at radius 3 is 2.59 bits per heavy atom. The van der Waals surface area contributed by atoms with E-state index in [9.17, 15) is 13.2 Å². The summed E-state index contributed by atoms with van der Waals surface area (Å²) in [5.74, 6) is 0.890. The van der Waals surface area contributed by atoms with E-state index >= 15 is 0 Å². The standard InChI is InChI=1S/C13H22N4O4S/c1-9-8-12(15-21-9)14-13(18)10(2)17-6-4-11(5-7-17)16-22(3,19)20/h8,10-11,16H,4-7H2,1-3H3,(H,14,15,18). The molecule has 1 aliphatic rings. The molecule has 2 rings (SSSR count). The van der Waals surface area contributed by atoms with E-state index < -0.39 is 10.0 Å². The minimum atomic E-state index is -3.18. The predicted molar refractivity (Wildman–Crippen MR) is 81.9 cm³/mol. The van der Waals surface area contributed by atoms with Crippen LogP contribution in [0.3, 0.4) is 0 Å². The smallest absolute Gasteiger partial charge is 0.242 e. The van der Waals surface area contributed by atoms with Crippen molar-refractivity contribution in [2.24, 2.45) is 0 Å². The number of sulfonamides is 1. The maximum atomic E-state index is 12.2. The van der Waals surface area contributed by atoms with Crippen LogP contribution in [0.15, 0.2) is 10.6 Å². The van der Waals surface area contributed by atoms with E-state index in [4.69, 9.17) is 4.52 Å². The molecule has 1 aromatic rings. The first-order chi connectivity index (χ1) is 10.2. The second kappa shape index (κ2) is 6.76. The number of carbonyl (C=O) groups is 1. The molecule has 1 saturated heterocycles. The number of aryl methyl sites for hydroxylation is 1. The first-order valence-electron chi connectivity index (χ1n) is 7.20. The topological polar surface area (TPSA) is 105 Å². The molecule has 1 unspecified atom stereocenters. The van der Waals surface area contributed by atoms with E-state index in [1.54, 1.807) is 13.0 Å². The molecule has 2 heterocycles. The number of amides is 1. The Hall–Kier alpha value is -1.45. The van der Waals surface area contributed by atoms with Crippen molar-refractivity contribution in [2.45, 2.75) is 38.8 Å². The van der Waals surface area contributed by atoms with Gasteiger partial charge < -0.3 is 9.84 Å². The summed E-state index contributed by atoms with van der Waals surface area (Å²) < 4.78 is 30.0. The van der Waals surface area contributed by atoms with E-state index in [1.165, 1.54) is 0 Å². The van der Waals surface area contributed by atoms with Gasteiger partial charge in [-0.2, -0.15) is 0 Å². The number of aromatic nitrogens is 1. The van der Waals surface area contributed by atoms with Crippen LogP contribution in [0.25, 0.3) is 0 Å². The normalized spacial score (nSPS) is 19.0. The maximum absolute atomic E-state index is 12.2. The van der Waals surface area contributed by atoms with Gasteiger partial charge in [0.15, 0.2) is 5.82 Å². The van der Waals surface area contributed by atoms with Gasteiger partial charge in [0.1, 0.15) is 5.76 Å². The highest BCUT2D eigenvalue weighted by Crippen LogP contribution is 2.15. The average molecular weight is 330 g/mol. The number of likely N-dealkylation sites (tertiary alicyclic amines) is 1. The summed E-state index contributed by atoms with van der Waals surface area (Å²) in [6.07, 6.45) is 2.54. The van der Waals surface area contributed by atoms with Gasteiger partial charge in [0, 0.05) is 25.2 Å². The van der Waals surface area contributed by atoms with Crippen LogP contribution in [0.4, 0.5) is 5.82 Å². The quantitative estimate of drug-likeness (QED) is 0.806. The Balaban J connectivity index is 1.84. The molecule has 1 aliphatic heterocycles. The molecule has 0 radical (unpaired) electrons. The lowest BCUT2D eigenvalue weighted by Crippen LogP contribution is -2.50. The molecule has 2 N–H and O–H groups in total. The van der Waals surface area contributed by atoms with Crippen molar-refractivity contribution in [1.82, 2.24) is 14.8 Å². The van der Waals surface area contributed by atoms with Crippen molar-refractivity contribution < 1.29 is 17.7 Å². The molecule has 22 heavy (non-hydrogen) atoms. The maximum Gasteiger partial charge on any atom is 0.242 e. The molecule has 1 amide bonds. The summed E-state index contributed by atoms with van der Waals surface area (Å²) in [6.45, 7) is 4.91. The molecule has 8 nitrogen and oxygen atoms in total. The Morgan fingerprint density at radius 2 is 2.09 bits per heavy atom. The van der Waals surface area contributed by atoms with Gasteiger partial charge in [-0.25, -0.2) is 13.1 Å². The third kappa shape index (κ3) is 4.79. The molecular formula is C13H22N4O4S. The van der Waals surface area contributed by atoms with Crippen molar-refractivity contribution in [1.29, 1.82) is 0 Å². The van der Waals surface area contributed by atoms with Crippen LogP contribution in [0.5, 0.6) is 0 Å². The van der Waals surface area contributed by atoms with Crippen LogP contribution >= 0.6 is 0 Å². The first-order valence-corrected chi connectivity index (χ1v) is 9.09. The highest BCUT2D eigenvalue weighted by Gasteiger charge is 2.28. The number of anilines is 1. The van der Waals surface area contributed by atoms with Crippen molar-refractivity contribution in [2.75, 3.05) is 24.7 Å². The Kier molecular flexibility index (Phi) is 5.20. The summed E-state index contributed by atoms with van der Waals surface area (Å²) in [4.78, 5) is 14.2. The lowest BCUT2D eigenvalue weighted by molar-refractivity contribution is -0.121. The van der Waals surface area contributed by atoms with E-state index in [2.05, 4.69) is 15.2 Å². The summed E-state index contributed by atoms with van der Waals surface area (Å²) in [5.41, 5.74) is 0. The zero-order valence-electron chi connectivity index (χ0n) is 13.0. The second-order valence-corrected chi connectivity index (χ2v) is 7.47. The zero-order valence-corrected chi connectivity index (χ0v) is 13.8. The monoisotopic (exact) mass is 330 g/mol. The lowest BCUT2D eigenvalue weighted by Gasteiger charge is -2.35. The highest BCUT2D eigenvalue weighted by atomic mass is 32.2. The predicted octanol–water partition coefficient (Wildman–Crippen LogP) is 0.324. The highest BCUT2D eigenvalue weighted by molar-refractivity contribution is 7.88. The van der Waals surface area contributed by atoms with Crippen LogP contribution in [-0.2, 0) is 14.8 Å². The average Bonchev–Trinajstić information content (AvgIpc) is 2.82. The number of piperidine rings is 1. The molecular weight excluding hydrogens is 308 g/mol. The fourth-order valence-corrected chi connectivity index (χ4v) is 3.37. The van der Waals surface area contributed by atoms with Crippen LogP contribution in [0, 0.1) is 6.92 Å². The summed E-state index contributed by atoms with van der Waals surface area (Å²) in [6, 6.07) is 1.29. The van der Waals surface area contributed by atoms with Crippen molar-refractivity contribution in [3.05, 3.63) is 11.8 Å². The third-order valence-electron chi connectivity index (χ3n) is 3.72. The number of nitrogens with one attached hydrogen (secondary N) is 2. The summed E-state index contributed by atoms with van der Waals surface area (Å²) in [5, 5.41) is 6.45. The number of hydrogen-bond donors (Lipinski definition) is 2. The van der Waals surface area contributed by atoms with Gasteiger partial charge in [-0.05, 0) is 26.7 Å². The molecule has 0 aromatic carbocycles. The molecule has 0 bridgehead atoms. The molecule has 9 heteroatoms. The molecule has 1 fully saturated rings. The lowest BCUT2D eigenvalue weighted by atomic mass is 10.0. The Labute approximate surface area is 130 Å². The van der Waals surface area contributed by atoms with Crippen molar-refractivity contribution in [3.8, 4) is 0 Å². The van der Waals surface area contributed by atoms with E-state index in [1.807, 2.05) is 11.8 Å². The Morgan fingerprint density at radius 1 is 1.45 bits per heavy atom. The van der Waals surface area contributed by atoms with E-state index in [0.717, 1.165) is 6.26 Å². The van der Waals surface area contributed by atoms with Gasteiger partial charge in [-0.3, -0.25) is 9.69 Å². The summed E-state index contributed by atoms with van der Waals surface area (Å²) in [7, 11) is -3.18. The fourth-order valence-electron chi connectivity index (χ4n) is 2.53. The van der Waals surface area contributed by atoms with Crippen LogP contribution in [0.2, 0.25) is 0 Å². The number of hydrogen-bond acceptors (Lipinski definition) is 6. The molecule has 1 atom stereocenters. The van der Waals surface area contributed by atoms with Crippen molar-refractivity contribution >= 4 is 21.7 Å². The number of carbonyl (C=O) groups excluding carboxylic acids is 1.